The van der Waals surface area contributed by atoms with Gasteiger partial charge in [-0.05, 0) is 45.4 Å². The van der Waals surface area contributed by atoms with Crippen LogP contribution in [0.1, 0.15) is 45.8 Å². The highest BCUT2D eigenvalue weighted by molar-refractivity contribution is 7.14. The summed E-state index contributed by atoms with van der Waals surface area (Å²) in [6.07, 6.45) is 0.305. The van der Waals surface area contributed by atoms with Crippen molar-refractivity contribution in [3.63, 3.8) is 0 Å². The van der Waals surface area contributed by atoms with Gasteiger partial charge in [-0.1, -0.05) is 17.7 Å². The second-order valence-electron chi connectivity index (χ2n) is 6.65. The molecule has 0 aliphatic heterocycles. The molecule has 1 amide bonds. The first kappa shape index (κ1) is 19.0. The summed E-state index contributed by atoms with van der Waals surface area (Å²) in [5.41, 5.74) is 4.35. The molecular weight excluding hydrogens is 360 g/mol. The number of Topliss-reactive ketones (excluding diaryl/α,β-unsaturated/α-hetero) is 1. The molecule has 0 unspecified atom stereocenters. The first-order valence-corrected chi connectivity index (χ1v) is 9.64. The van der Waals surface area contributed by atoms with Crippen molar-refractivity contribution >= 4 is 28.2 Å². The van der Waals surface area contributed by atoms with Crippen molar-refractivity contribution in [1.29, 1.82) is 0 Å². The minimum absolute atomic E-state index is 0.0179. The number of hydrogen-bond acceptors (Lipinski definition) is 5. The minimum atomic E-state index is -0.213. The van der Waals surface area contributed by atoms with E-state index in [0.29, 0.717) is 10.7 Å². The number of hydrogen-bond donors (Lipinski definition) is 1. The molecule has 2 aromatic heterocycles. The van der Waals surface area contributed by atoms with E-state index in [1.54, 1.807) is 0 Å². The number of thiazole rings is 1. The van der Waals surface area contributed by atoms with Crippen LogP contribution in [0.25, 0.3) is 11.3 Å². The van der Waals surface area contributed by atoms with Crippen LogP contribution in [0.4, 0.5) is 5.13 Å². The molecule has 6 heteroatoms. The summed E-state index contributed by atoms with van der Waals surface area (Å²) in [6.45, 7) is 7.63. The van der Waals surface area contributed by atoms with Crippen molar-refractivity contribution in [3.05, 3.63) is 57.9 Å². The average molecular weight is 382 g/mol. The van der Waals surface area contributed by atoms with E-state index in [-0.39, 0.29) is 24.5 Å². The summed E-state index contributed by atoms with van der Waals surface area (Å²) in [5, 5.41) is 5.18. The van der Waals surface area contributed by atoms with Crippen molar-refractivity contribution < 1.29 is 14.0 Å². The monoisotopic (exact) mass is 382 g/mol. The molecule has 0 spiro atoms. The standard InChI is InChI=1S/C21H22N2O3S/c1-12-5-6-13(2)16(9-12)19(24)7-8-20(25)23-21-22-18(11-27-21)17-10-14(3)26-15(17)4/h5-6,9-11H,7-8H2,1-4H3,(H,22,23,25). The van der Waals surface area contributed by atoms with Gasteiger partial charge >= 0.3 is 0 Å². The van der Waals surface area contributed by atoms with E-state index >= 15 is 0 Å². The van der Waals surface area contributed by atoms with Gasteiger partial charge in [0.2, 0.25) is 5.91 Å². The molecule has 3 aromatic rings. The van der Waals surface area contributed by atoms with Crippen LogP contribution < -0.4 is 5.32 Å². The van der Waals surface area contributed by atoms with Gasteiger partial charge in [0.15, 0.2) is 10.9 Å². The molecule has 0 saturated carbocycles. The van der Waals surface area contributed by atoms with E-state index in [9.17, 15) is 9.59 Å². The van der Waals surface area contributed by atoms with Gasteiger partial charge in [-0.25, -0.2) is 4.98 Å². The number of aromatic nitrogens is 1. The minimum Gasteiger partial charge on any atom is -0.466 e. The Morgan fingerprint density at radius 3 is 2.59 bits per heavy atom. The number of nitrogens with zero attached hydrogens (tertiary/aromatic N) is 1. The Morgan fingerprint density at radius 2 is 1.89 bits per heavy atom. The molecule has 1 aromatic carbocycles. The highest BCUT2D eigenvalue weighted by Gasteiger charge is 2.15. The van der Waals surface area contributed by atoms with E-state index in [0.717, 1.165) is 33.9 Å². The number of carbonyl (C=O) groups is 2. The molecular formula is C21H22N2O3S. The van der Waals surface area contributed by atoms with Crippen LogP contribution in [0.15, 0.2) is 34.1 Å². The van der Waals surface area contributed by atoms with Crippen LogP contribution in [0.5, 0.6) is 0 Å². The number of rotatable bonds is 6. The van der Waals surface area contributed by atoms with Gasteiger partial charge in [-0.15, -0.1) is 11.3 Å². The largest absolute Gasteiger partial charge is 0.466 e. The summed E-state index contributed by atoms with van der Waals surface area (Å²) in [7, 11) is 0. The zero-order valence-electron chi connectivity index (χ0n) is 15.9. The summed E-state index contributed by atoms with van der Waals surface area (Å²) < 4.78 is 5.52. The molecule has 0 aliphatic rings. The smallest absolute Gasteiger partial charge is 0.226 e. The van der Waals surface area contributed by atoms with Gasteiger partial charge in [0.05, 0.1) is 5.69 Å². The number of ketones is 1. The van der Waals surface area contributed by atoms with E-state index < -0.39 is 0 Å². The molecule has 140 valence electrons. The summed E-state index contributed by atoms with van der Waals surface area (Å²) in [4.78, 5) is 29.0. The average Bonchev–Trinajstić information content (AvgIpc) is 3.20. The van der Waals surface area contributed by atoms with Crippen molar-refractivity contribution in [2.24, 2.45) is 0 Å². The van der Waals surface area contributed by atoms with E-state index in [1.807, 2.05) is 57.3 Å². The highest BCUT2D eigenvalue weighted by atomic mass is 32.1. The van der Waals surface area contributed by atoms with Crippen LogP contribution in [-0.4, -0.2) is 16.7 Å². The van der Waals surface area contributed by atoms with Gasteiger partial charge in [0.25, 0.3) is 0 Å². The van der Waals surface area contributed by atoms with Gasteiger partial charge in [0.1, 0.15) is 11.5 Å². The first-order valence-electron chi connectivity index (χ1n) is 8.76. The fraction of sp³-hybridized carbons (Fsp3) is 0.286. The van der Waals surface area contributed by atoms with Gasteiger partial charge in [-0.3, -0.25) is 9.59 Å². The maximum absolute atomic E-state index is 12.4. The summed E-state index contributed by atoms with van der Waals surface area (Å²) >= 11 is 1.36. The van der Waals surface area contributed by atoms with E-state index in [1.165, 1.54) is 11.3 Å². The molecule has 0 atom stereocenters. The Morgan fingerprint density at radius 1 is 1.11 bits per heavy atom. The first-order chi connectivity index (χ1) is 12.8. The Balaban J connectivity index is 1.59. The Labute approximate surface area is 162 Å². The lowest BCUT2D eigenvalue weighted by atomic mass is 9.99. The third kappa shape index (κ3) is 4.52. The molecule has 27 heavy (non-hydrogen) atoms. The Kier molecular flexibility index (Phi) is 5.56. The lowest BCUT2D eigenvalue weighted by Crippen LogP contribution is -2.13. The summed E-state index contributed by atoms with van der Waals surface area (Å²) in [5.74, 6) is 1.39. The van der Waals surface area contributed by atoms with E-state index in [4.69, 9.17) is 4.42 Å². The zero-order valence-corrected chi connectivity index (χ0v) is 16.7. The van der Waals surface area contributed by atoms with Crippen LogP contribution in [0.3, 0.4) is 0 Å². The Hall–Kier alpha value is -2.73. The molecule has 3 rings (SSSR count). The number of anilines is 1. The molecule has 0 fully saturated rings. The fourth-order valence-corrected chi connectivity index (χ4v) is 3.65. The number of carbonyl (C=O) groups excluding carboxylic acids is 2. The van der Waals surface area contributed by atoms with Crippen LogP contribution in [0, 0.1) is 27.7 Å². The molecule has 0 radical (unpaired) electrons. The van der Waals surface area contributed by atoms with Crippen LogP contribution in [-0.2, 0) is 4.79 Å². The van der Waals surface area contributed by atoms with Crippen molar-refractivity contribution in [1.82, 2.24) is 4.98 Å². The molecule has 0 bridgehead atoms. The van der Waals surface area contributed by atoms with Crippen molar-refractivity contribution in [3.8, 4) is 11.3 Å². The molecule has 2 heterocycles. The number of aryl methyl sites for hydroxylation is 4. The second-order valence-corrected chi connectivity index (χ2v) is 7.51. The van der Waals surface area contributed by atoms with Crippen molar-refractivity contribution in [2.75, 3.05) is 5.32 Å². The van der Waals surface area contributed by atoms with Crippen LogP contribution in [0.2, 0.25) is 0 Å². The third-order valence-electron chi connectivity index (χ3n) is 4.34. The summed E-state index contributed by atoms with van der Waals surface area (Å²) in [6, 6.07) is 7.71. The Bertz CT molecular complexity index is 1000. The number of nitrogens with one attached hydrogen (secondary N) is 1. The predicted octanol–water partition coefficient (Wildman–Crippen LogP) is 5.24. The SMILES string of the molecule is Cc1ccc(C)c(C(=O)CCC(=O)Nc2nc(-c3cc(C)oc3C)cs2)c1. The quantitative estimate of drug-likeness (QED) is 0.592. The van der Waals surface area contributed by atoms with Gasteiger partial charge in [0, 0.05) is 29.3 Å². The second kappa shape index (κ2) is 7.88. The highest BCUT2D eigenvalue weighted by Crippen LogP contribution is 2.29. The van der Waals surface area contributed by atoms with Gasteiger partial charge < -0.3 is 9.73 Å². The van der Waals surface area contributed by atoms with Crippen molar-refractivity contribution in [2.45, 2.75) is 40.5 Å². The fourth-order valence-electron chi connectivity index (χ4n) is 2.92. The molecule has 5 nitrogen and oxygen atoms in total. The van der Waals surface area contributed by atoms with E-state index in [2.05, 4.69) is 10.3 Å². The third-order valence-corrected chi connectivity index (χ3v) is 5.10. The number of benzene rings is 1. The lowest BCUT2D eigenvalue weighted by molar-refractivity contribution is -0.116. The number of furan rings is 1. The molecule has 0 saturated heterocycles. The maximum atomic E-state index is 12.4. The van der Waals surface area contributed by atoms with Crippen LogP contribution >= 0.6 is 11.3 Å². The zero-order chi connectivity index (χ0) is 19.6. The lowest BCUT2D eigenvalue weighted by Gasteiger charge is -2.06. The molecule has 0 aliphatic carbocycles. The molecule has 1 N–H and O–H groups in total. The normalized spacial score (nSPS) is 10.8. The van der Waals surface area contributed by atoms with Gasteiger partial charge in [-0.2, -0.15) is 0 Å². The predicted molar refractivity (Wildman–Crippen MR) is 107 cm³/mol. The number of amides is 1. The topological polar surface area (TPSA) is 72.2 Å². The maximum Gasteiger partial charge on any atom is 0.226 e.